The van der Waals surface area contributed by atoms with E-state index in [-0.39, 0.29) is 0 Å². The summed E-state index contributed by atoms with van der Waals surface area (Å²) < 4.78 is 11.6. The molecule has 0 aromatic heterocycles. The molecule has 2 aromatic rings. The standard InChI is InChI=1S/C24H34N2O2/c1-27-24-16-22(12-13-23(24)28-19-21-10-6-3-7-11-21)18-26(15-14-25)17-20-8-4-2-5-9-20/h3,6-7,10-13,16,20H,2,4-5,8-9,14-15,17-19,25H2,1H3. The first-order valence-electron chi connectivity index (χ1n) is 10.5. The van der Waals surface area contributed by atoms with Crippen LogP contribution in [0, 0.1) is 5.92 Å². The summed E-state index contributed by atoms with van der Waals surface area (Å²) in [5.74, 6) is 2.39. The monoisotopic (exact) mass is 382 g/mol. The minimum absolute atomic E-state index is 0.539. The van der Waals surface area contributed by atoms with Crippen molar-refractivity contribution in [2.24, 2.45) is 11.7 Å². The zero-order chi connectivity index (χ0) is 19.6. The zero-order valence-corrected chi connectivity index (χ0v) is 17.1. The van der Waals surface area contributed by atoms with E-state index in [1.54, 1.807) is 7.11 Å². The van der Waals surface area contributed by atoms with Crippen LogP contribution in [0.1, 0.15) is 43.2 Å². The number of hydrogen-bond donors (Lipinski definition) is 1. The molecule has 0 heterocycles. The molecular weight excluding hydrogens is 348 g/mol. The molecule has 1 fully saturated rings. The molecule has 0 spiro atoms. The van der Waals surface area contributed by atoms with E-state index in [0.29, 0.717) is 13.2 Å². The molecule has 152 valence electrons. The van der Waals surface area contributed by atoms with Crippen LogP contribution in [0.25, 0.3) is 0 Å². The Balaban J connectivity index is 1.62. The van der Waals surface area contributed by atoms with Gasteiger partial charge in [-0.3, -0.25) is 4.90 Å². The summed E-state index contributed by atoms with van der Waals surface area (Å²) in [6.07, 6.45) is 6.87. The molecule has 1 aliphatic rings. The molecule has 28 heavy (non-hydrogen) atoms. The maximum Gasteiger partial charge on any atom is 0.161 e. The third-order valence-corrected chi connectivity index (χ3v) is 5.56. The summed E-state index contributed by atoms with van der Waals surface area (Å²) in [4.78, 5) is 2.50. The van der Waals surface area contributed by atoms with Crippen LogP contribution in [0.3, 0.4) is 0 Å². The highest BCUT2D eigenvalue weighted by Gasteiger charge is 2.17. The van der Waals surface area contributed by atoms with Gasteiger partial charge < -0.3 is 15.2 Å². The Morgan fingerprint density at radius 1 is 0.964 bits per heavy atom. The first kappa shape index (κ1) is 20.7. The van der Waals surface area contributed by atoms with Crippen LogP contribution < -0.4 is 15.2 Å². The van der Waals surface area contributed by atoms with Crippen LogP contribution in [0.5, 0.6) is 11.5 Å². The fourth-order valence-electron chi connectivity index (χ4n) is 4.08. The maximum absolute atomic E-state index is 5.98. The molecule has 3 rings (SSSR count). The highest BCUT2D eigenvalue weighted by Crippen LogP contribution is 2.30. The third-order valence-electron chi connectivity index (χ3n) is 5.56. The van der Waals surface area contributed by atoms with Crippen LogP contribution in [-0.2, 0) is 13.2 Å². The number of hydrogen-bond acceptors (Lipinski definition) is 4. The summed E-state index contributed by atoms with van der Waals surface area (Å²) >= 11 is 0. The Hall–Kier alpha value is -2.04. The number of benzene rings is 2. The van der Waals surface area contributed by atoms with Crippen LogP contribution in [0.4, 0.5) is 0 Å². The minimum Gasteiger partial charge on any atom is -0.493 e. The van der Waals surface area contributed by atoms with E-state index in [1.165, 1.54) is 37.7 Å². The van der Waals surface area contributed by atoms with Crippen molar-refractivity contribution in [3.63, 3.8) is 0 Å². The second-order valence-corrected chi connectivity index (χ2v) is 7.79. The van der Waals surface area contributed by atoms with E-state index in [2.05, 4.69) is 29.2 Å². The van der Waals surface area contributed by atoms with Crippen molar-refractivity contribution in [2.75, 3.05) is 26.7 Å². The maximum atomic E-state index is 5.98. The number of rotatable bonds is 10. The van der Waals surface area contributed by atoms with Gasteiger partial charge in [0.25, 0.3) is 0 Å². The lowest BCUT2D eigenvalue weighted by Crippen LogP contribution is -2.34. The number of nitrogens with zero attached hydrogens (tertiary/aromatic N) is 1. The van der Waals surface area contributed by atoms with E-state index in [1.807, 2.05) is 24.3 Å². The molecule has 1 saturated carbocycles. The molecule has 0 atom stereocenters. The van der Waals surface area contributed by atoms with Crippen molar-refractivity contribution >= 4 is 0 Å². The van der Waals surface area contributed by atoms with Gasteiger partial charge in [-0.25, -0.2) is 0 Å². The lowest BCUT2D eigenvalue weighted by molar-refractivity contribution is 0.198. The molecule has 0 unspecified atom stereocenters. The predicted molar refractivity (Wildman–Crippen MR) is 115 cm³/mol. The van der Waals surface area contributed by atoms with Gasteiger partial charge in [-0.1, -0.05) is 55.7 Å². The van der Waals surface area contributed by atoms with Crippen molar-refractivity contribution in [1.29, 1.82) is 0 Å². The Bertz CT molecular complexity index is 699. The van der Waals surface area contributed by atoms with Crippen molar-refractivity contribution in [1.82, 2.24) is 4.90 Å². The van der Waals surface area contributed by atoms with Gasteiger partial charge in [-0.2, -0.15) is 0 Å². The summed E-state index contributed by atoms with van der Waals surface area (Å²) in [7, 11) is 1.70. The molecule has 4 heteroatoms. The lowest BCUT2D eigenvalue weighted by Gasteiger charge is -2.29. The Morgan fingerprint density at radius 3 is 2.46 bits per heavy atom. The van der Waals surface area contributed by atoms with E-state index >= 15 is 0 Å². The number of ether oxygens (including phenoxy) is 2. The Morgan fingerprint density at radius 2 is 1.75 bits per heavy atom. The van der Waals surface area contributed by atoms with E-state index in [9.17, 15) is 0 Å². The van der Waals surface area contributed by atoms with Crippen LogP contribution in [0.2, 0.25) is 0 Å². The van der Waals surface area contributed by atoms with E-state index in [0.717, 1.165) is 42.6 Å². The number of nitrogens with two attached hydrogens (primary N) is 1. The van der Waals surface area contributed by atoms with E-state index in [4.69, 9.17) is 15.2 Å². The lowest BCUT2D eigenvalue weighted by atomic mass is 9.89. The molecule has 2 N–H and O–H groups in total. The molecule has 1 aliphatic carbocycles. The topological polar surface area (TPSA) is 47.7 Å². The average Bonchev–Trinajstić information content (AvgIpc) is 2.74. The van der Waals surface area contributed by atoms with Crippen LogP contribution in [0.15, 0.2) is 48.5 Å². The fourth-order valence-corrected chi connectivity index (χ4v) is 4.08. The van der Waals surface area contributed by atoms with Gasteiger partial charge in [-0.05, 0) is 42.0 Å². The summed E-state index contributed by atoms with van der Waals surface area (Å²) in [5.41, 5.74) is 8.27. The Labute approximate surface area is 169 Å². The molecule has 0 amide bonds. The molecule has 0 aliphatic heterocycles. The number of methoxy groups -OCH3 is 1. The van der Waals surface area contributed by atoms with Gasteiger partial charge in [0.15, 0.2) is 11.5 Å². The quantitative estimate of drug-likeness (QED) is 0.652. The smallest absolute Gasteiger partial charge is 0.161 e. The van der Waals surface area contributed by atoms with Crippen LogP contribution >= 0.6 is 0 Å². The van der Waals surface area contributed by atoms with Crippen molar-refractivity contribution in [2.45, 2.75) is 45.3 Å². The van der Waals surface area contributed by atoms with Crippen LogP contribution in [-0.4, -0.2) is 31.6 Å². The van der Waals surface area contributed by atoms with Gasteiger partial charge in [0, 0.05) is 26.2 Å². The minimum atomic E-state index is 0.539. The first-order chi connectivity index (χ1) is 13.8. The molecular formula is C24H34N2O2. The summed E-state index contributed by atoms with van der Waals surface area (Å²) in [5, 5.41) is 0. The Kier molecular flexibility index (Phi) is 8.19. The molecule has 4 nitrogen and oxygen atoms in total. The second-order valence-electron chi connectivity index (χ2n) is 7.79. The van der Waals surface area contributed by atoms with Gasteiger partial charge in [0.2, 0.25) is 0 Å². The van der Waals surface area contributed by atoms with Gasteiger partial charge in [-0.15, -0.1) is 0 Å². The fraction of sp³-hybridized carbons (Fsp3) is 0.500. The van der Waals surface area contributed by atoms with E-state index < -0.39 is 0 Å². The first-order valence-corrected chi connectivity index (χ1v) is 10.5. The van der Waals surface area contributed by atoms with Crippen molar-refractivity contribution in [3.05, 3.63) is 59.7 Å². The molecule has 0 radical (unpaired) electrons. The van der Waals surface area contributed by atoms with Gasteiger partial charge >= 0.3 is 0 Å². The highest BCUT2D eigenvalue weighted by atomic mass is 16.5. The molecule has 0 saturated heterocycles. The third kappa shape index (κ3) is 6.25. The molecule has 2 aromatic carbocycles. The summed E-state index contributed by atoms with van der Waals surface area (Å²) in [6, 6.07) is 16.5. The normalized spacial score (nSPS) is 15.0. The average molecular weight is 383 g/mol. The van der Waals surface area contributed by atoms with Crippen molar-refractivity contribution in [3.8, 4) is 11.5 Å². The molecule has 0 bridgehead atoms. The zero-order valence-electron chi connectivity index (χ0n) is 17.1. The SMILES string of the molecule is COc1cc(CN(CCN)CC2CCCCC2)ccc1OCc1ccccc1. The summed E-state index contributed by atoms with van der Waals surface area (Å²) in [6.45, 7) is 4.22. The van der Waals surface area contributed by atoms with Crippen molar-refractivity contribution < 1.29 is 9.47 Å². The second kappa shape index (κ2) is 11.1. The largest absolute Gasteiger partial charge is 0.493 e. The van der Waals surface area contributed by atoms with Gasteiger partial charge in [0.05, 0.1) is 7.11 Å². The van der Waals surface area contributed by atoms with Gasteiger partial charge in [0.1, 0.15) is 6.61 Å². The highest BCUT2D eigenvalue weighted by molar-refractivity contribution is 5.43. The predicted octanol–water partition coefficient (Wildman–Crippen LogP) is 4.62.